The van der Waals surface area contributed by atoms with Crippen LogP contribution in [-0.4, -0.2) is 60.7 Å². The first kappa shape index (κ1) is 19.4. The van der Waals surface area contributed by atoms with E-state index in [9.17, 15) is 4.79 Å². The molecule has 28 heavy (non-hydrogen) atoms. The molecule has 7 nitrogen and oxygen atoms in total. The van der Waals surface area contributed by atoms with Crippen LogP contribution in [0.3, 0.4) is 0 Å². The molecular weight excluding hydrogens is 356 g/mol. The molecule has 1 aromatic carbocycles. The largest absolute Gasteiger partial charge is 0.493 e. The SMILES string of the molecule is C=CCOc1ccc(/C=C/C(=O)N2CCN(c3ncccn3)CC2)cc1OC. The van der Waals surface area contributed by atoms with Gasteiger partial charge in [-0.1, -0.05) is 18.7 Å². The highest BCUT2D eigenvalue weighted by molar-refractivity contribution is 5.92. The Bertz CT molecular complexity index is 831. The molecule has 1 saturated heterocycles. The number of hydrogen-bond acceptors (Lipinski definition) is 6. The fourth-order valence-electron chi connectivity index (χ4n) is 2.91. The van der Waals surface area contributed by atoms with Crippen LogP contribution < -0.4 is 14.4 Å². The number of aromatic nitrogens is 2. The summed E-state index contributed by atoms with van der Waals surface area (Å²) in [6, 6.07) is 7.34. The highest BCUT2D eigenvalue weighted by Crippen LogP contribution is 2.28. The number of piperazine rings is 1. The predicted octanol–water partition coefficient (Wildman–Crippen LogP) is 2.41. The van der Waals surface area contributed by atoms with Crippen molar-refractivity contribution in [1.82, 2.24) is 14.9 Å². The Labute approximate surface area is 164 Å². The third-order valence-electron chi connectivity index (χ3n) is 4.39. The summed E-state index contributed by atoms with van der Waals surface area (Å²) in [7, 11) is 1.59. The van der Waals surface area contributed by atoms with Crippen LogP contribution in [0.5, 0.6) is 11.5 Å². The van der Waals surface area contributed by atoms with E-state index in [1.165, 1.54) is 0 Å². The molecule has 1 aromatic heterocycles. The van der Waals surface area contributed by atoms with Gasteiger partial charge in [-0.2, -0.15) is 0 Å². The number of carbonyl (C=O) groups excluding carboxylic acids is 1. The van der Waals surface area contributed by atoms with Crippen LogP contribution in [0.4, 0.5) is 5.95 Å². The fourth-order valence-corrected chi connectivity index (χ4v) is 2.91. The molecule has 1 aliphatic rings. The van der Waals surface area contributed by atoms with Crippen LogP contribution in [0.2, 0.25) is 0 Å². The Kier molecular flexibility index (Phi) is 6.62. The van der Waals surface area contributed by atoms with Crippen molar-refractivity contribution in [3.63, 3.8) is 0 Å². The van der Waals surface area contributed by atoms with Crippen LogP contribution >= 0.6 is 0 Å². The van der Waals surface area contributed by atoms with Crippen molar-refractivity contribution in [3.8, 4) is 11.5 Å². The Morgan fingerprint density at radius 2 is 1.93 bits per heavy atom. The molecule has 0 unspecified atom stereocenters. The summed E-state index contributed by atoms with van der Waals surface area (Å²) in [5.41, 5.74) is 0.868. The second kappa shape index (κ2) is 9.55. The van der Waals surface area contributed by atoms with E-state index in [1.807, 2.05) is 23.1 Å². The first-order valence-corrected chi connectivity index (χ1v) is 9.12. The molecule has 1 aliphatic heterocycles. The average Bonchev–Trinajstić information content (AvgIpc) is 2.77. The highest BCUT2D eigenvalue weighted by Gasteiger charge is 2.21. The fraction of sp³-hybridized carbons (Fsp3) is 0.286. The van der Waals surface area contributed by atoms with Gasteiger partial charge >= 0.3 is 0 Å². The predicted molar refractivity (Wildman–Crippen MR) is 109 cm³/mol. The van der Waals surface area contributed by atoms with Gasteiger partial charge in [0.15, 0.2) is 11.5 Å². The molecule has 146 valence electrons. The quantitative estimate of drug-likeness (QED) is 0.543. The zero-order valence-electron chi connectivity index (χ0n) is 16.0. The zero-order chi connectivity index (χ0) is 19.8. The molecule has 3 rings (SSSR count). The van der Waals surface area contributed by atoms with Crippen LogP contribution in [0, 0.1) is 0 Å². The van der Waals surface area contributed by atoms with Crippen molar-refractivity contribution in [2.24, 2.45) is 0 Å². The van der Waals surface area contributed by atoms with Crippen molar-refractivity contribution in [2.75, 3.05) is 44.8 Å². The molecule has 1 fully saturated rings. The first-order chi connectivity index (χ1) is 13.7. The summed E-state index contributed by atoms with van der Waals surface area (Å²) in [5.74, 6) is 1.95. The standard InChI is InChI=1S/C21H24N4O3/c1-3-15-28-18-7-5-17(16-19(18)27-2)6-8-20(26)24-11-13-25(14-12-24)21-22-9-4-10-23-21/h3-10,16H,1,11-15H2,2H3/b8-6+. The third-order valence-corrected chi connectivity index (χ3v) is 4.39. The lowest BCUT2D eigenvalue weighted by Gasteiger charge is -2.34. The van der Waals surface area contributed by atoms with Crippen molar-refractivity contribution in [2.45, 2.75) is 0 Å². The van der Waals surface area contributed by atoms with Gasteiger partial charge in [0.2, 0.25) is 11.9 Å². The lowest BCUT2D eigenvalue weighted by Crippen LogP contribution is -2.48. The maximum absolute atomic E-state index is 12.5. The lowest BCUT2D eigenvalue weighted by molar-refractivity contribution is -0.126. The summed E-state index contributed by atoms with van der Waals surface area (Å²) >= 11 is 0. The van der Waals surface area contributed by atoms with E-state index in [0.717, 1.165) is 5.56 Å². The monoisotopic (exact) mass is 380 g/mol. The van der Waals surface area contributed by atoms with Gasteiger partial charge < -0.3 is 19.3 Å². The molecule has 0 radical (unpaired) electrons. The molecule has 2 aromatic rings. The van der Waals surface area contributed by atoms with Gasteiger partial charge in [-0.15, -0.1) is 0 Å². The molecule has 0 N–H and O–H groups in total. The molecule has 0 bridgehead atoms. The van der Waals surface area contributed by atoms with Gasteiger partial charge in [-0.25, -0.2) is 9.97 Å². The number of benzene rings is 1. The van der Waals surface area contributed by atoms with Gasteiger partial charge in [-0.05, 0) is 29.8 Å². The second-order valence-corrected chi connectivity index (χ2v) is 6.20. The molecule has 0 saturated carbocycles. The number of anilines is 1. The Morgan fingerprint density at radius 1 is 1.18 bits per heavy atom. The zero-order valence-corrected chi connectivity index (χ0v) is 16.0. The summed E-state index contributed by atoms with van der Waals surface area (Å²) in [5, 5.41) is 0. The van der Waals surface area contributed by atoms with Gasteiger partial charge in [0, 0.05) is 44.6 Å². The number of methoxy groups -OCH3 is 1. The van der Waals surface area contributed by atoms with E-state index in [0.29, 0.717) is 50.2 Å². The summed E-state index contributed by atoms with van der Waals surface area (Å²) in [6.45, 7) is 6.75. The van der Waals surface area contributed by atoms with Gasteiger partial charge in [-0.3, -0.25) is 4.79 Å². The van der Waals surface area contributed by atoms with Crippen molar-refractivity contribution >= 4 is 17.9 Å². The minimum atomic E-state index is -0.0143. The van der Waals surface area contributed by atoms with Crippen LogP contribution in [-0.2, 0) is 4.79 Å². The van der Waals surface area contributed by atoms with Gasteiger partial charge in [0.25, 0.3) is 0 Å². The lowest BCUT2D eigenvalue weighted by atomic mass is 10.2. The van der Waals surface area contributed by atoms with Gasteiger partial charge in [0.1, 0.15) is 6.61 Å². The highest BCUT2D eigenvalue weighted by atomic mass is 16.5. The van der Waals surface area contributed by atoms with E-state index in [2.05, 4.69) is 21.4 Å². The number of rotatable bonds is 7. The Balaban J connectivity index is 1.57. The van der Waals surface area contributed by atoms with Gasteiger partial charge in [0.05, 0.1) is 7.11 Å². The smallest absolute Gasteiger partial charge is 0.246 e. The Hall–Kier alpha value is -3.35. The molecule has 0 aliphatic carbocycles. The number of ether oxygens (including phenoxy) is 2. The van der Waals surface area contributed by atoms with Crippen LogP contribution in [0.15, 0.2) is 55.4 Å². The summed E-state index contributed by atoms with van der Waals surface area (Å²) < 4.78 is 10.9. The third kappa shape index (κ3) is 4.88. The first-order valence-electron chi connectivity index (χ1n) is 9.12. The number of amides is 1. The van der Waals surface area contributed by atoms with E-state index >= 15 is 0 Å². The van der Waals surface area contributed by atoms with Crippen molar-refractivity contribution in [3.05, 3.63) is 61.0 Å². The minimum absolute atomic E-state index is 0.0143. The topological polar surface area (TPSA) is 67.8 Å². The molecule has 7 heteroatoms. The average molecular weight is 380 g/mol. The molecule has 0 atom stereocenters. The Morgan fingerprint density at radius 3 is 2.61 bits per heavy atom. The maximum Gasteiger partial charge on any atom is 0.246 e. The number of nitrogens with zero attached hydrogens (tertiary/aromatic N) is 4. The van der Waals surface area contributed by atoms with E-state index in [4.69, 9.17) is 9.47 Å². The number of carbonyl (C=O) groups is 1. The molecule has 1 amide bonds. The van der Waals surface area contributed by atoms with E-state index < -0.39 is 0 Å². The summed E-state index contributed by atoms with van der Waals surface area (Å²) in [4.78, 5) is 24.9. The van der Waals surface area contributed by atoms with E-state index in [-0.39, 0.29) is 5.91 Å². The second-order valence-electron chi connectivity index (χ2n) is 6.20. The van der Waals surface area contributed by atoms with Crippen molar-refractivity contribution in [1.29, 1.82) is 0 Å². The van der Waals surface area contributed by atoms with Crippen LogP contribution in [0.25, 0.3) is 6.08 Å². The minimum Gasteiger partial charge on any atom is -0.493 e. The summed E-state index contributed by atoms with van der Waals surface area (Å²) in [6.07, 6.45) is 8.51. The normalized spacial score (nSPS) is 14.2. The molecule has 0 spiro atoms. The van der Waals surface area contributed by atoms with Crippen LogP contribution in [0.1, 0.15) is 5.56 Å². The van der Waals surface area contributed by atoms with E-state index in [1.54, 1.807) is 43.8 Å². The van der Waals surface area contributed by atoms with Crippen molar-refractivity contribution < 1.29 is 14.3 Å². The number of hydrogen-bond donors (Lipinski definition) is 0. The maximum atomic E-state index is 12.5. The molecule has 2 heterocycles. The molecular formula is C21H24N4O3.